The fraction of sp³-hybridized carbons (Fsp3) is 0.333. The number of carbonyl (C=O) groups excluding carboxylic acids is 1. The smallest absolute Gasteiger partial charge is 0.357 e. The molecule has 3 aromatic heterocycles. The molecule has 7 nitrogen and oxygen atoms in total. The molecule has 1 amide bonds. The molecular weight excluding hydrogens is 394 g/mol. The van der Waals surface area contributed by atoms with Crippen LogP contribution in [-0.2, 0) is 6.18 Å². The molecule has 1 atom stereocenters. The number of halogens is 4. The first-order valence-corrected chi connectivity index (χ1v) is 8.81. The summed E-state index contributed by atoms with van der Waals surface area (Å²) in [5.41, 5.74) is -0.861. The molecular formula is C18H15F4N5O2. The molecule has 1 fully saturated rings. The van der Waals surface area contributed by atoms with Crippen LogP contribution in [0.5, 0.6) is 0 Å². The number of H-pyrrole nitrogens is 1. The van der Waals surface area contributed by atoms with Gasteiger partial charge in [-0.15, -0.1) is 0 Å². The van der Waals surface area contributed by atoms with Gasteiger partial charge in [0.05, 0.1) is 17.3 Å². The van der Waals surface area contributed by atoms with Crippen LogP contribution in [0.25, 0.3) is 11.6 Å². The van der Waals surface area contributed by atoms with Gasteiger partial charge in [-0.3, -0.25) is 9.78 Å². The first kappa shape index (κ1) is 19.1. The third-order valence-corrected chi connectivity index (χ3v) is 4.76. The number of aromatic nitrogens is 4. The molecule has 1 aliphatic rings. The van der Waals surface area contributed by atoms with E-state index in [1.54, 1.807) is 0 Å². The molecule has 152 valence electrons. The Hall–Kier alpha value is -3.24. The van der Waals surface area contributed by atoms with E-state index in [2.05, 4.69) is 20.1 Å². The molecule has 1 aliphatic heterocycles. The number of amides is 1. The van der Waals surface area contributed by atoms with Crippen molar-refractivity contribution in [3.63, 3.8) is 0 Å². The van der Waals surface area contributed by atoms with Crippen LogP contribution in [-0.4, -0.2) is 44.0 Å². The molecule has 0 aliphatic carbocycles. The zero-order valence-electron chi connectivity index (χ0n) is 14.9. The number of piperidine rings is 1. The number of aromatic amines is 1. The maximum Gasteiger partial charge on any atom is 0.417 e. The second-order valence-corrected chi connectivity index (χ2v) is 6.70. The highest BCUT2D eigenvalue weighted by Crippen LogP contribution is 2.33. The predicted molar refractivity (Wildman–Crippen MR) is 91.2 cm³/mol. The van der Waals surface area contributed by atoms with Gasteiger partial charge in [0.25, 0.3) is 11.8 Å². The zero-order valence-corrected chi connectivity index (χ0v) is 14.9. The van der Waals surface area contributed by atoms with Crippen LogP contribution in [0.4, 0.5) is 17.6 Å². The lowest BCUT2D eigenvalue weighted by molar-refractivity contribution is -0.137. The lowest BCUT2D eigenvalue weighted by Gasteiger charge is -2.31. The Morgan fingerprint density at radius 1 is 1.34 bits per heavy atom. The van der Waals surface area contributed by atoms with Crippen molar-refractivity contribution in [2.24, 2.45) is 0 Å². The topological polar surface area (TPSA) is 87.9 Å². The van der Waals surface area contributed by atoms with E-state index in [0.29, 0.717) is 19.4 Å². The van der Waals surface area contributed by atoms with Crippen molar-refractivity contribution >= 4 is 5.91 Å². The Morgan fingerprint density at radius 3 is 2.90 bits per heavy atom. The molecule has 0 spiro atoms. The van der Waals surface area contributed by atoms with Gasteiger partial charge in [0, 0.05) is 31.4 Å². The van der Waals surface area contributed by atoms with E-state index in [4.69, 9.17) is 4.52 Å². The number of hydrogen-bond donors (Lipinski definition) is 1. The van der Waals surface area contributed by atoms with Crippen molar-refractivity contribution < 1.29 is 26.9 Å². The van der Waals surface area contributed by atoms with Gasteiger partial charge >= 0.3 is 6.18 Å². The van der Waals surface area contributed by atoms with Crippen LogP contribution in [0, 0.1) is 5.82 Å². The normalized spacial score (nSPS) is 17.5. The molecule has 1 N–H and O–H groups in total. The molecule has 0 unspecified atom stereocenters. The van der Waals surface area contributed by atoms with E-state index in [-0.39, 0.29) is 35.4 Å². The summed E-state index contributed by atoms with van der Waals surface area (Å²) in [5, 5.41) is 3.86. The van der Waals surface area contributed by atoms with Crippen LogP contribution in [0.1, 0.15) is 40.5 Å². The van der Waals surface area contributed by atoms with Gasteiger partial charge < -0.3 is 14.4 Å². The third-order valence-electron chi connectivity index (χ3n) is 4.76. The Kier molecular flexibility index (Phi) is 4.81. The summed E-state index contributed by atoms with van der Waals surface area (Å²) in [4.78, 5) is 24.4. The average molecular weight is 409 g/mol. The van der Waals surface area contributed by atoms with Crippen LogP contribution in [0.3, 0.4) is 0 Å². The molecule has 0 aromatic carbocycles. The van der Waals surface area contributed by atoms with Gasteiger partial charge in [-0.2, -0.15) is 18.2 Å². The number of nitrogens with one attached hydrogen (secondary N) is 1. The van der Waals surface area contributed by atoms with Gasteiger partial charge in [0.1, 0.15) is 5.69 Å². The van der Waals surface area contributed by atoms with Crippen LogP contribution in [0.15, 0.2) is 35.2 Å². The summed E-state index contributed by atoms with van der Waals surface area (Å²) < 4.78 is 57.2. The fourth-order valence-electron chi connectivity index (χ4n) is 3.28. The Labute approximate surface area is 161 Å². The molecule has 0 saturated carbocycles. The van der Waals surface area contributed by atoms with E-state index in [9.17, 15) is 22.4 Å². The highest BCUT2D eigenvalue weighted by molar-refractivity contribution is 5.94. The quantitative estimate of drug-likeness (QED) is 0.668. The molecule has 1 saturated heterocycles. The maximum absolute atomic E-state index is 13.9. The number of hydrogen-bond acceptors (Lipinski definition) is 5. The second kappa shape index (κ2) is 7.30. The second-order valence-electron chi connectivity index (χ2n) is 6.70. The fourth-order valence-corrected chi connectivity index (χ4v) is 3.28. The Morgan fingerprint density at radius 2 is 2.17 bits per heavy atom. The van der Waals surface area contributed by atoms with E-state index in [0.717, 1.165) is 18.5 Å². The summed E-state index contributed by atoms with van der Waals surface area (Å²) in [6.45, 7) is 0.700. The van der Waals surface area contributed by atoms with Crippen molar-refractivity contribution in [1.29, 1.82) is 0 Å². The van der Waals surface area contributed by atoms with Gasteiger partial charge in [-0.05, 0) is 25.0 Å². The summed E-state index contributed by atoms with van der Waals surface area (Å²) in [5.74, 6) is -1.21. The van der Waals surface area contributed by atoms with Gasteiger partial charge in [0.2, 0.25) is 0 Å². The minimum atomic E-state index is -4.48. The minimum absolute atomic E-state index is 0.0543. The zero-order chi connectivity index (χ0) is 20.6. The van der Waals surface area contributed by atoms with Gasteiger partial charge in [0.15, 0.2) is 11.6 Å². The number of nitrogens with zero attached hydrogens (tertiary/aromatic N) is 4. The largest absolute Gasteiger partial charge is 0.417 e. The average Bonchev–Trinajstić information content (AvgIpc) is 3.37. The van der Waals surface area contributed by atoms with Gasteiger partial charge in [-0.25, -0.2) is 4.39 Å². The number of rotatable bonds is 3. The molecule has 4 rings (SSSR count). The summed E-state index contributed by atoms with van der Waals surface area (Å²) >= 11 is 0. The van der Waals surface area contributed by atoms with E-state index >= 15 is 0 Å². The molecule has 29 heavy (non-hydrogen) atoms. The SMILES string of the molecule is O=C(c1ccncc1F)N1CCC[C@H](c2noc(-c3cc(C(F)(F)F)c[nH]3)n2)C1. The Balaban J connectivity index is 1.50. The highest BCUT2D eigenvalue weighted by atomic mass is 19.4. The van der Waals surface area contributed by atoms with Crippen molar-refractivity contribution in [3.8, 4) is 11.6 Å². The lowest BCUT2D eigenvalue weighted by Crippen LogP contribution is -2.39. The summed E-state index contributed by atoms with van der Waals surface area (Å²) in [7, 11) is 0. The molecule has 0 bridgehead atoms. The first-order valence-electron chi connectivity index (χ1n) is 8.81. The lowest BCUT2D eigenvalue weighted by atomic mass is 9.96. The number of carbonyl (C=O) groups is 1. The Bertz CT molecular complexity index is 1030. The number of pyridine rings is 1. The maximum atomic E-state index is 13.9. The predicted octanol–water partition coefficient (Wildman–Crippen LogP) is 3.64. The molecule has 3 aromatic rings. The van der Waals surface area contributed by atoms with Crippen LogP contribution >= 0.6 is 0 Å². The molecule has 4 heterocycles. The number of likely N-dealkylation sites (tertiary alicyclic amines) is 1. The van der Waals surface area contributed by atoms with Crippen LogP contribution < -0.4 is 0 Å². The van der Waals surface area contributed by atoms with E-state index in [1.807, 2.05) is 0 Å². The van der Waals surface area contributed by atoms with Gasteiger partial charge in [-0.1, -0.05) is 5.16 Å². The van der Waals surface area contributed by atoms with Crippen LogP contribution in [0.2, 0.25) is 0 Å². The van der Waals surface area contributed by atoms with Crippen molar-refractivity contribution in [2.45, 2.75) is 24.9 Å². The first-order chi connectivity index (χ1) is 13.8. The van der Waals surface area contributed by atoms with E-state index < -0.39 is 23.5 Å². The molecule has 11 heteroatoms. The minimum Gasteiger partial charge on any atom is -0.357 e. The van der Waals surface area contributed by atoms with Crippen molar-refractivity contribution in [3.05, 3.63) is 53.5 Å². The standard InChI is InChI=1S/C18H15F4N5O2/c19-13-8-23-4-3-12(13)17(28)27-5-1-2-10(9-27)15-25-16(29-26-15)14-6-11(7-24-14)18(20,21)22/h3-4,6-8,10,24H,1-2,5,9H2/t10-/m0/s1. The monoisotopic (exact) mass is 409 g/mol. The molecule has 0 radical (unpaired) electrons. The van der Waals surface area contributed by atoms with Crippen molar-refractivity contribution in [1.82, 2.24) is 25.0 Å². The number of alkyl halides is 3. The summed E-state index contributed by atoms with van der Waals surface area (Å²) in [6.07, 6.45) is -0.0260. The third kappa shape index (κ3) is 3.84. The van der Waals surface area contributed by atoms with Crippen molar-refractivity contribution in [2.75, 3.05) is 13.1 Å². The highest BCUT2D eigenvalue weighted by Gasteiger charge is 2.33. The van der Waals surface area contributed by atoms with E-state index in [1.165, 1.54) is 17.2 Å². The summed E-state index contributed by atoms with van der Waals surface area (Å²) in [6, 6.07) is 2.21.